The highest BCUT2D eigenvalue weighted by atomic mass is 35.5. The number of carbonyl (C=O) groups excluding carboxylic acids is 2. The number of amides is 3. The highest BCUT2D eigenvalue weighted by Crippen LogP contribution is 2.46. The lowest BCUT2D eigenvalue weighted by Gasteiger charge is -2.50. The van der Waals surface area contributed by atoms with Crippen LogP contribution < -0.4 is 19.9 Å². The number of halogens is 2. The minimum atomic E-state index is -0.865. The normalized spacial score (nSPS) is 22.7. The minimum absolute atomic E-state index is 0.0219. The van der Waals surface area contributed by atoms with Gasteiger partial charge in [0.1, 0.15) is 5.75 Å². The van der Waals surface area contributed by atoms with Crippen LogP contribution in [-0.4, -0.2) is 48.7 Å². The van der Waals surface area contributed by atoms with E-state index < -0.39 is 5.72 Å². The van der Waals surface area contributed by atoms with Crippen molar-refractivity contribution < 1.29 is 14.3 Å². The minimum Gasteiger partial charge on any atom is -0.467 e. The molecule has 1 N–H and O–H groups in total. The van der Waals surface area contributed by atoms with Crippen LogP contribution in [0.2, 0.25) is 10.0 Å². The largest absolute Gasteiger partial charge is 0.467 e. The molecule has 3 amide bonds. The van der Waals surface area contributed by atoms with Crippen molar-refractivity contribution in [1.82, 2.24) is 10.2 Å². The predicted molar refractivity (Wildman–Crippen MR) is 145 cm³/mol. The quantitative estimate of drug-likeness (QED) is 0.464. The van der Waals surface area contributed by atoms with Gasteiger partial charge in [-0.1, -0.05) is 29.3 Å². The number of piperazine rings is 1. The second-order valence-electron chi connectivity index (χ2n) is 9.81. The van der Waals surface area contributed by atoms with E-state index in [9.17, 15) is 9.59 Å². The van der Waals surface area contributed by atoms with Gasteiger partial charge in [-0.25, -0.2) is 4.79 Å². The Bertz CT molecular complexity index is 1370. The van der Waals surface area contributed by atoms with Crippen molar-refractivity contribution in [3.05, 3.63) is 87.9 Å². The molecule has 0 spiro atoms. The first kappa shape index (κ1) is 23.9. The average molecular weight is 537 g/mol. The number of hydrogen-bond donors (Lipinski definition) is 1. The maximum Gasteiger partial charge on any atom is 0.325 e. The number of fused-ring (bicyclic) bond motifs is 4. The summed E-state index contributed by atoms with van der Waals surface area (Å²) in [6.45, 7) is 4.63. The van der Waals surface area contributed by atoms with Gasteiger partial charge >= 0.3 is 6.03 Å². The van der Waals surface area contributed by atoms with Gasteiger partial charge in [0.05, 0.1) is 6.04 Å². The van der Waals surface area contributed by atoms with Crippen molar-refractivity contribution in [2.45, 2.75) is 25.1 Å². The van der Waals surface area contributed by atoms with E-state index in [4.69, 9.17) is 27.9 Å². The van der Waals surface area contributed by atoms with Crippen molar-refractivity contribution >= 4 is 46.5 Å². The van der Waals surface area contributed by atoms with Crippen LogP contribution >= 0.6 is 23.2 Å². The summed E-state index contributed by atoms with van der Waals surface area (Å²) in [4.78, 5) is 32.1. The number of nitrogens with one attached hydrogen (secondary N) is 1. The van der Waals surface area contributed by atoms with Gasteiger partial charge in [0.25, 0.3) is 5.91 Å². The van der Waals surface area contributed by atoms with Gasteiger partial charge in [-0.2, -0.15) is 0 Å². The zero-order valence-corrected chi connectivity index (χ0v) is 21.8. The average Bonchev–Trinajstić information content (AvgIpc) is 2.89. The smallest absolute Gasteiger partial charge is 0.325 e. The van der Waals surface area contributed by atoms with Crippen LogP contribution in [-0.2, 0) is 0 Å². The molecular formula is C28H26Cl2N4O3. The summed E-state index contributed by atoms with van der Waals surface area (Å²) in [7, 11) is 0. The van der Waals surface area contributed by atoms with E-state index in [0.717, 1.165) is 24.3 Å². The van der Waals surface area contributed by atoms with E-state index in [0.29, 0.717) is 46.6 Å². The molecule has 3 aromatic carbocycles. The molecule has 2 fully saturated rings. The fourth-order valence-electron chi connectivity index (χ4n) is 5.51. The first-order chi connectivity index (χ1) is 17.8. The number of rotatable bonds is 3. The molecule has 2 bridgehead atoms. The number of carbonyl (C=O) groups is 2. The second-order valence-corrected chi connectivity index (χ2v) is 10.7. The molecule has 6 rings (SSSR count). The van der Waals surface area contributed by atoms with Crippen LogP contribution in [0.1, 0.15) is 35.3 Å². The first-order valence-corrected chi connectivity index (χ1v) is 13.1. The van der Waals surface area contributed by atoms with Crippen LogP contribution in [0.5, 0.6) is 5.75 Å². The lowest BCUT2D eigenvalue weighted by atomic mass is 9.90. The molecule has 2 atom stereocenters. The Balaban J connectivity index is 1.16. The van der Waals surface area contributed by atoms with Crippen molar-refractivity contribution in [3.63, 3.8) is 0 Å². The van der Waals surface area contributed by atoms with Crippen molar-refractivity contribution in [3.8, 4) is 5.75 Å². The molecule has 0 unspecified atom stereocenters. The fraction of sp³-hybridized carbons (Fsp3) is 0.286. The fourth-order valence-corrected chi connectivity index (χ4v) is 5.88. The number of hydrogen-bond acceptors (Lipinski definition) is 4. The van der Waals surface area contributed by atoms with Crippen LogP contribution in [0.4, 0.5) is 16.2 Å². The topological polar surface area (TPSA) is 65.1 Å². The maximum atomic E-state index is 13.2. The standard InChI is InChI=1S/C28H26Cl2N4O3/c1-28-17-24(23-16-20(30)7-10-25(23)37-28)31-27(36)34(28)21-8-5-18(6-9-21)26(35)33-13-11-32(12-14-33)22-4-2-3-19(29)15-22/h2-10,15-16,24H,11-14,17H2,1H3,(H,31,36)/t24-,28-/m1/s1. The van der Waals surface area contributed by atoms with Crippen LogP contribution in [0.3, 0.4) is 0 Å². The number of ether oxygens (including phenoxy) is 1. The SMILES string of the molecule is C[C@@]12C[C@@H](NC(=O)N1c1ccc(C(=O)N3CCN(c4cccc(Cl)c4)CC3)cc1)c1cc(Cl)ccc1O2. The molecule has 3 heterocycles. The number of benzene rings is 3. The van der Waals surface area contributed by atoms with E-state index in [1.807, 2.05) is 48.2 Å². The Morgan fingerprint density at radius 1 is 0.946 bits per heavy atom. The van der Waals surface area contributed by atoms with Crippen LogP contribution in [0.25, 0.3) is 0 Å². The van der Waals surface area contributed by atoms with E-state index >= 15 is 0 Å². The number of anilines is 2. The Kier molecular flexibility index (Phi) is 5.92. The number of nitrogens with zero attached hydrogens (tertiary/aromatic N) is 3. The summed E-state index contributed by atoms with van der Waals surface area (Å²) in [6, 6.07) is 20.0. The van der Waals surface area contributed by atoms with Gasteiger partial charge < -0.3 is 19.9 Å². The van der Waals surface area contributed by atoms with Crippen molar-refractivity contribution in [1.29, 1.82) is 0 Å². The molecule has 0 aromatic heterocycles. The summed E-state index contributed by atoms with van der Waals surface area (Å²) in [5.41, 5.74) is 2.34. The van der Waals surface area contributed by atoms with E-state index in [1.165, 1.54) is 0 Å². The monoisotopic (exact) mass is 536 g/mol. The first-order valence-electron chi connectivity index (χ1n) is 12.3. The molecule has 9 heteroatoms. The van der Waals surface area contributed by atoms with Crippen molar-refractivity contribution in [2.24, 2.45) is 0 Å². The summed E-state index contributed by atoms with van der Waals surface area (Å²) in [6.07, 6.45) is 0.573. The molecule has 0 radical (unpaired) electrons. The zero-order valence-electron chi connectivity index (χ0n) is 20.3. The van der Waals surface area contributed by atoms with Gasteiger partial charge in [0.15, 0.2) is 5.72 Å². The molecule has 3 aliphatic heterocycles. The number of urea groups is 1. The van der Waals surface area contributed by atoms with Gasteiger partial charge in [-0.05, 0) is 67.6 Å². The maximum absolute atomic E-state index is 13.2. The summed E-state index contributed by atoms with van der Waals surface area (Å²) in [5.74, 6) is 0.684. The molecule has 0 saturated carbocycles. The van der Waals surface area contributed by atoms with Gasteiger partial charge in [0.2, 0.25) is 0 Å². The molecular weight excluding hydrogens is 511 g/mol. The third-order valence-corrected chi connectivity index (χ3v) is 7.82. The Morgan fingerprint density at radius 2 is 1.68 bits per heavy atom. The highest BCUT2D eigenvalue weighted by molar-refractivity contribution is 6.31. The molecule has 190 valence electrons. The van der Waals surface area contributed by atoms with Crippen molar-refractivity contribution in [2.75, 3.05) is 36.0 Å². The zero-order chi connectivity index (χ0) is 25.7. The van der Waals surface area contributed by atoms with E-state index in [1.54, 1.807) is 35.2 Å². The summed E-state index contributed by atoms with van der Waals surface area (Å²) >= 11 is 12.3. The molecule has 0 aliphatic carbocycles. The summed E-state index contributed by atoms with van der Waals surface area (Å²) < 4.78 is 6.33. The van der Waals surface area contributed by atoms with Crippen LogP contribution in [0.15, 0.2) is 66.7 Å². The second kappa shape index (κ2) is 9.15. The molecule has 3 aromatic rings. The van der Waals surface area contributed by atoms with Gasteiger partial charge in [-0.15, -0.1) is 0 Å². The molecule has 3 aliphatic rings. The Morgan fingerprint density at radius 3 is 2.41 bits per heavy atom. The molecule has 7 nitrogen and oxygen atoms in total. The Labute approximate surface area is 225 Å². The van der Waals surface area contributed by atoms with Gasteiger partial charge in [-0.3, -0.25) is 9.69 Å². The van der Waals surface area contributed by atoms with E-state index in [-0.39, 0.29) is 18.0 Å². The Hall–Kier alpha value is -3.42. The van der Waals surface area contributed by atoms with E-state index in [2.05, 4.69) is 10.2 Å². The van der Waals surface area contributed by atoms with Crippen LogP contribution in [0, 0.1) is 0 Å². The molecule has 37 heavy (non-hydrogen) atoms. The molecule has 2 saturated heterocycles. The summed E-state index contributed by atoms with van der Waals surface area (Å²) in [5, 5.41) is 4.38. The highest BCUT2D eigenvalue weighted by Gasteiger charge is 2.49. The third-order valence-electron chi connectivity index (χ3n) is 7.35. The third kappa shape index (κ3) is 4.36. The predicted octanol–water partition coefficient (Wildman–Crippen LogP) is 5.73. The lowest BCUT2D eigenvalue weighted by molar-refractivity contribution is 0.0379. The van der Waals surface area contributed by atoms with Gasteiger partial charge in [0, 0.05) is 65.1 Å². The lowest BCUT2D eigenvalue weighted by Crippen LogP contribution is -2.65.